The summed E-state index contributed by atoms with van der Waals surface area (Å²) >= 11 is 8.49. The first-order valence-electron chi connectivity index (χ1n) is 11.0. The minimum absolute atomic E-state index is 0.0577. The van der Waals surface area contributed by atoms with Gasteiger partial charge in [0.1, 0.15) is 16.3 Å². The molecule has 0 saturated heterocycles. The van der Waals surface area contributed by atoms with Crippen LogP contribution < -0.4 is 10.1 Å². The largest absolute Gasteiger partial charge is 0.497 e. The van der Waals surface area contributed by atoms with E-state index in [0.717, 1.165) is 11.1 Å². The van der Waals surface area contributed by atoms with Gasteiger partial charge in [0.25, 0.3) is 0 Å². The van der Waals surface area contributed by atoms with Crippen molar-refractivity contribution in [3.63, 3.8) is 0 Å². The molecule has 0 aliphatic carbocycles. The van der Waals surface area contributed by atoms with Crippen molar-refractivity contribution in [3.8, 4) is 28.3 Å². The van der Waals surface area contributed by atoms with E-state index in [-0.39, 0.29) is 11.7 Å². The average Bonchev–Trinajstić information content (AvgIpc) is 3.52. The highest BCUT2D eigenvalue weighted by atomic mass is 35.5. The van der Waals surface area contributed by atoms with E-state index >= 15 is 0 Å². The molecule has 190 valence electrons. The van der Waals surface area contributed by atoms with Gasteiger partial charge in [-0.3, -0.25) is 9.36 Å². The molecule has 0 saturated carbocycles. The summed E-state index contributed by atoms with van der Waals surface area (Å²) < 4.78 is 12.2. The Balaban J connectivity index is 1.52. The maximum Gasteiger partial charge on any atom is 0.341 e. The van der Waals surface area contributed by atoms with Gasteiger partial charge in [-0.05, 0) is 29.8 Å². The van der Waals surface area contributed by atoms with E-state index in [4.69, 9.17) is 21.1 Å². The van der Waals surface area contributed by atoms with Crippen LogP contribution in [-0.2, 0) is 16.1 Å². The zero-order valence-corrected chi connectivity index (χ0v) is 22.5. The highest BCUT2D eigenvalue weighted by molar-refractivity contribution is 7.99. The molecule has 0 bridgehead atoms. The quantitative estimate of drug-likeness (QED) is 0.145. The first kappa shape index (κ1) is 26.5. The molecule has 0 aliphatic rings. The Morgan fingerprint density at radius 1 is 1.16 bits per heavy atom. The zero-order chi connectivity index (χ0) is 26.4. The zero-order valence-electron chi connectivity index (χ0n) is 20.1. The van der Waals surface area contributed by atoms with Crippen molar-refractivity contribution in [2.45, 2.75) is 11.7 Å². The number of halogens is 1. The molecule has 11 heteroatoms. The number of esters is 1. The van der Waals surface area contributed by atoms with Crippen molar-refractivity contribution in [2.24, 2.45) is 0 Å². The van der Waals surface area contributed by atoms with Crippen LogP contribution in [0.2, 0.25) is 5.02 Å². The first-order valence-corrected chi connectivity index (χ1v) is 13.3. The third-order valence-corrected chi connectivity index (χ3v) is 7.39. The Morgan fingerprint density at radius 3 is 2.65 bits per heavy atom. The number of carbonyl (C=O) groups is 2. The molecule has 8 nitrogen and oxygen atoms in total. The second-order valence-electron chi connectivity index (χ2n) is 7.63. The van der Waals surface area contributed by atoms with Gasteiger partial charge in [0.2, 0.25) is 5.91 Å². The molecule has 0 fully saturated rings. The van der Waals surface area contributed by atoms with Gasteiger partial charge in [0.15, 0.2) is 11.0 Å². The summed E-state index contributed by atoms with van der Waals surface area (Å²) in [5, 5.41) is 14.8. The second kappa shape index (κ2) is 12.1. The molecule has 1 amide bonds. The van der Waals surface area contributed by atoms with Gasteiger partial charge in [-0.15, -0.1) is 28.1 Å². The number of nitrogens with zero attached hydrogens (tertiary/aromatic N) is 3. The van der Waals surface area contributed by atoms with Gasteiger partial charge in [0, 0.05) is 28.1 Å². The molecule has 0 radical (unpaired) electrons. The molecule has 0 atom stereocenters. The predicted octanol–water partition coefficient (Wildman–Crippen LogP) is 6.04. The van der Waals surface area contributed by atoms with E-state index in [1.807, 2.05) is 41.0 Å². The first-order chi connectivity index (χ1) is 17.9. The van der Waals surface area contributed by atoms with E-state index < -0.39 is 5.97 Å². The summed E-state index contributed by atoms with van der Waals surface area (Å²) in [7, 11) is 2.91. The Bertz CT molecular complexity index is 1430. The second-order valence-corrected chi connectivity index (χ2v) is 9.88. The van der Waals surface area contributed by atoms with Crippen LogP contribution in [0.1, 0.15) is 10.4 Å². The lowest BCUT2D eigenvalue weighted by Gasteiger charge is -2.09. The number of anilines is 1. The lowest BCUT2D eigenvalue weighted by Crippen LogP contribution is -2.16. The van der Waals surface area contributed by atoms with Crippen LogP contribution >= 0.6 is 34.7 Å². The SMILES string of the molecule is C=CCn1c(SCC(=O)Nc2scc(-c3ccc(Cl)cc3)c2C(=O)OC)nnc1-c1cccc(OC)c1. The number of rotatable bonds is 10. The van der Waals surface area contributed by atoms with Crippen molar-refractivity contribution in [1.29, 1.82) is 0 Å². The number of benzene rings is 2. The van der Waals surface area contributed by atoms with E-state index in [1.54, 1.807) is 30.7 Å². The van der Waals surface area contributed by atoms with Crippen molar-refractivity contribution in [1.82, 2.24) is 14.8 Å². The van der Waals surface area contributed by atoms with E-state index in [9.17, 15) is 9.59 Å². The van der Waals surface area contributed by atoms with Crippen LogP contribution in [0.4, 0.5) is 5.00 Å². The third kappa shape index (κ3) is 6.04. The summed E-state index contributed by atoms with van der Waals surface area (Å²) in [4.78, 5) is 25.5. The number of hydrogen-bond acceptors (Lipinski definition) is 8. The minimum Gasteiger partial charge on any atom is -0.497 e. The lowest BCUT2D eigenvalue weighted by molar-refractivity contribution is -0.113. The highest BCUT2D eigenvalue weighted by Crippen LogP contribution is 2.37. The number of thioether (sulfide) groups is 1. The number of carbonyl (C=O) groups excluding carboxylic acids is 2. The molecule has 37 heavy (non-hydrogen) atoms. The monoisotopic (exact) mass is 554 g/mol. The normalized spacial score (nSPS) is 10.7. The van der Waals surface area contributed by atoms with E-state index in [1.165, 1.54) is 30.2 Å². The van der Waals surface area contributed by atoms with Crippen LogP contribution in [-0.4, -0.2) is 46.6 Å². The number of thiophene rings is 1. The van der Waals surface area contributed by atoms with Crippen molar-refractivity contribution in [2.75, 3.05) is 25.3 Å². The minimum atomic E-state index is -0.539. The van der Waals surface area contributed by atoms with Crippen molar-refractivity contribution >= 4 is 51.6 Å². The Kier molecular flexibility index (Phi) is 8.65. The number of ether oxygens (including phenoxy) is 2. The third-order valence-electron chi connectivity index (χ3n) is 5.28. The molecule has 2 heterocycles. The number of hydrogen-bond donors (Lipinski definition) is 1. The van der Waals surface area contributed by atoms with E-state index in [2.05, 4.69) is 22.1 Å². The van der Waals surface area contributed by atoms with Crippen LogP contribution in [0.15, 0.2) is 71.7 Å². The van der Waals surface area contributed by atoms with Crippen LogP contribution in [0.3, 0.4) is 0 Å². The van der Waals surface area contributed by atoms with Gasteiger partial charge >= 0.3 is 5.97 Å². The Morgan fingerprint density at radius 2 is 1.95 bits per heavy atom. The van der Waals surface area contributed by atoms with Crippen molar-refractivity contribution in [3.05, 3.63) is 77.2 Å². The fraction of sp³-hybridized carbons (Fsp3) is 0.154. The van der Waals surface area contributed by atoms with E-state index in [0.29, 0.717) is 44.4 Å². The molecule has 0 aliphatic heterocycles. The summed E-state index contributed by atoms with van der Waals surface area (Å²) in [6.07, 6.45) is 1.74. The van der Waals surface area contributed by atoms with Gasteiger partial charge in [0.05, 0.1) is 20.0 Å². The van der Waals surface area contributed by atoms with Crippen molar-refractivity contribution < 1.29 is 19.1 Å². The number of methoxy groups -OCH3 is 2. The number of allylic oxidation sites excluding steroid dienone is 1. The van der Waals surface area contributed by atoms with Crippen LogP contribution in [0.25, 0.3) is 22.5 Å². The predicted molar refractivity (Wildman–Crippen MR) is 148 cm³/mol. The summed E-state index contributed by atoms with van der Waals surface area (Å²) in [6, 6.07) is 14.6. The lowest BCUT2D eigenvalue weighted by atomic mass is 10.0. The molecule has 4 rings (SSSR count). The fourth-order valence-corrected chi connectivity index (χ4v) is 5.40. The fourth-order valence-electron chi connectivity index (χ4n) is 3.55. The van der Waals surface area contributed by atoms with Crippen LogP contribution in [0, 0.1) is 0 Å². The molecule has 0 unspecified atom stereocenters. The average molecular weight is 555 g/mol. The maximum absolute atomic E-state index is 12.9. The molecular weight excluding hydrogens is 532 g/mol. The molecule has 0 spiro atoms. The number of aromatic nitrogens is 3. The molecule has 2 aromatic carbocycles. The Labute approximate surface area is 227 Å². The summed E-state index contributed by atoms with van der Waals surface area (Å²) in [6.45, 7) is 4.29. The van der Waals surface area contributed by atoms with Gasteiger partial charge in [-0.2, -0.15) is 0 Å². The molecular formula is C26H23ClN4O4S2. The molecule has 2 aromatic heterocycles. The molecule has 1 N–H and O–H groups in total. The smallest absolute Gasteiger partial charge is 0.341 e. The topological polar surface area (TPSA) is 95.3 Å². The van der Waals surface area contributed by atoms with Crippen LogP contribution in [0.5, 0.6) is 5.75 Å². The molecule has 4 aromatic rings. The van der Waals surface area contributed by atoms with Gasteiger partial charge in [-0.25, -0.2) is 4.79 Å². The Hall–Kier alpha value is -3.60. The number of amides is 1. The summed E-state index contributed by atoms with van der Waals surface area (Å²) in [5.74, 6) is 0.566. The maximum atomic E-state index is 12.9. The highest BCUT2D eigenvalue weighted by Gasteiger charge is 2.23. The standard InChI is InChI=1S/C26H23ClN4O4S2/c1-4-12-31-23(17-6-5-7-19(13-17)34-2)29-30-26(31)37-15-21(32)28-24-22(25(33)35-3)20(14-36-24)16-8-10-18(27)11-9-16/h4-11,13-14H,1,12,15H2,2-3H3,(H,28,32). The summed E-state index contributed by atoms with van der Waals surface area (Å²) in [5.41, 5.74) is 2.58. The van der Waals surface area contributed by atoms with Gasteiger partial charge in [-0.1, -0.05) is 53.7 Å². The van der Waals surface area contributed by atoms with Gasteiger partial charge < -0.3 is 14.8 Å². The number of nitrogens with one attached hydrogen (secondary N) is 1.